The largest absolute Gasteiger partial charge is 0.481 e. The minimum Gasteiger partial charge on any atom is -0.481 e. The number of piperidine rings is 1. The molecule has 1 saturated heterocycles. The smallest absolute Gasteiger partial charge is 0.306 e. The third-order valence-electron chi connectivity index (χ3n) is 9.37. The zero-order chi connectivity index (χ0) is 34.9. The fourth-order valence-corrected chi connectivity index (χ4v) is 8.68. The van der Waals surface area contributed by atoms with Crippen molar-refractivity contribution in [3.8, 4) is 11.3 Å². The van der Waals surface area contributed by atoms with Gasteiger partial charge < -0.3 is 24.0 Å². The Labute approximate surface area is 294 Å². The number of rotatable bonds is 16. The van der Waals surface area contributed by atoms with Gasteiger partial charge in [0.05, 0.1) is 47.0 Å². The summed E-state index contributed by atoms with van der Waals surface area (Å²) >= 11 is 13.0. The number of ether oxygens (including phenoxy) is 2. The van der Waals surface area contributed by atoms with E-state index in [2.05, 4.69) is 10.1 Å². The van der Waals surface area contributed by atoms with E-state index in [1.165, 1.54) is 6.92 Å². The number of aliphatic carboxylic acids is 1. The van der Waals surface area contributed by atoms with E-state index < -0.39 is 33.8 Å². The van der Waals surface area contributed by atoms with Gasteiger partial charge in [0, 0.05) is 41.2 Å². The third kappa shape index (κ3) is 7.90. The first kappa shape index (κ1) is 35.2. The summed E-state index contributed by atoms with van der Waals surface area (Å²) in [5, 5.41) is 14.1. The van der Waals surface area contributed by atoms with Crippen LogP contribution >= 0.6 is 23.2 Å². The summed E-state index contributed by atoms with van der Waals surface area (Å²) in [5.41, 5.74) is 3.29. The van der Waals surface area contributed by atoms with Gasteiger partial charge in [-0.2, -0.15) is 0 Å². The van der Waals surface area contributed by atoms with Crippen LogP contribution in [0.15, 0.2) is 47.0 Å². The van der Waals surface area contributed by atoms with Crippen LogP contribution < -0.4 is 9.21 Å². The summed E-state index contributed by atoms with van der Waals surface area (Å²) in [6.45, 7) is 2.63. The first-order valence-corrected chi connectivity index (χ1v) is 18.6. The summed E-state index contributed by atoms with van der Waals surface area (Å²) in [5.74, 6) is -0.833. The van der Waals surface area contributed by atoms with Gasteiger partial charge in [0.2, 0.25) is 16.4 Å². The molecular weight excluding hydrogens is 697 g/mol. The van der Waals surface area contributed by atoms with E-state index in [4.69, 9.17) is 42.3 Å². The first-order chi connectivity index (χ1) is 23.4. The standard InChI is InChI=1S/C34H37Cl2N3O9S/c1-20(47-31(43)12-11-30(41)42)13-14-49(44,45)39(19-40)24-9-7-23(8-10-24)38-17-22-15-25(38)16-29(22)46-18-26-33(37-48-34(26)21-5-6-21)32-27(35)3-2-4-28(32)36/h2-4,7-10,19-22,25,29H,5-6,11-18H2,1H3,(H,41,42)/t20?,22-,25-,29+/m0/s1. The molecule has 3 fully saturated rings. The van der Waals surface area contributed by atoms with Gasteiger partial charge >= 0.3 is 11.9 Å². The second-order valence-corrected chi connectivity index (χ2v) is 15.6. The molecule has 2 bridgehead atoms. The molecule has 6 rings (SSSR count). The molecule has 49 heavy (non-hydrogen) atoms. The van der Waals surface area contributed by atoms with Crippen LogP contribution in [-0.2, 0) is 40.5 Å². The molecule has 262 valence electrons. The molecule has 4 atom stereocenters. The van der Waals surface area contributed by atoms with Crippen molar-refractivity contribution in [2.24, 2.45) is 5.92 Å². The minimum atomic E-state index is -4.06. The minimum absolute atomic E-state index is 0.0478. The van der Waals surface area contributed by atoms with Crippen molar-refractivity contribution in [3.63, 3.8) is 0 Å². The Balaban J connectivity index is 1.05. The average Bonchev–Trinajstić information content (AvgIpc) is 3.51. The number of anilines is 2. The molecule has 1 unspecified atom stereocenters. The monoisotopic (exact) mass is 733 g/mol. The number of carbonyl (C=O) groups is 3. The summed E-state index contributed by atoms with van der Waals surface area (Å²) in [4.78, 5) is 36.6. The van der Waals surface area contributed by atoms with E-state index >= 15 is 0 Å². The fourth-order valence-electron chi connectivity index (χ4n) is 6.71. The van der Waals surface area contributed by atoms with E-state index in [0.717, 1.165) is 49.2 Å². The summed E-state index contributed by atoms with van der Waals surface area (Å²) in [6, 6.07) is 12.4. The molecule has 1 aliphatic heterocycles. The predicted molar refractivity (Wildman–Crippen MR) is 182 cm³/mol. The van der Waals surface area contributed by atoms with Crippen LogP contribution in [-0.4, -0.2) is 67.6 Å². The number of aromatic nitrogens is 1. The van der Waals surface area contributed by atoms with Gasteiger partial charge in [-0.3, -0.25) is 14.4 Å². The summed E-state index contributed by atoms with van der Waals surface area (Å²) in [6.07, 6.45) is 2.66. The lowest BCUT2D eigenvalue weighted by molar-refractivity contribution is -0.151. The highest BCUT2D eigenvalue weighted by molar-refractivity contribution is 7.93. The van der Waals surface area contributed by atoms with Crippen molar-refractivity contribution >= 4 is 62.9 Å². The Morgan fingerprint density at radius 3 is 2.45 bits per heavy atom. The summed E-state index contributed by atoms with van der Waals surface area (Å²) in [7, 11) is -4.06. The Kier molecular flexibility index (Phi) is 10.5. The third-order valence-corrected chi connectivity index (χ3v) is 11.7. The predicted octanol–water partition coefficient (Wildman–Crippen LogP) is 6.19. The van der Waals surface area contributed by atoms with Crippen LogP contribution in [0.25, 0.3) is 11.3 Å². The number of sulfonamides is 1. The number of carboxylic acid groups (broad SMARTS) is 1. The number of carbonyl (C=O) groups excluding carboxylic acids is 2. The fraction of sp³-hybridized carbons (Fsp3) is 0.471. The van der Waals surface area contributed by atoms with Crippen LogP contribution in [0.1, 0.15) is 69.1 Å². The van der Waals surface area contributed by atoms with Crippen LogP contribution in [0, 0.1) is 5.92 Å². The molecule has 2 aromatic carbocycles. The van der Waals surface area contributed by atoms with Crippen LogP contribution in [0.5, 0.6) is 0 Å². The molecule has 0 radical (unpaired) electrons. The topological polar surface area (TPSA) is 157 Å². The number of nitrogens with zero attached hydrogens (tertiary/aromatic N) is 3. The molecule has 3 aromatic rings. The number of carboxylic acids is 1. The van der Waals surface area contributed by atoms with Gasteiger partial charge in [-0.15, -0.1) is 0 Å². The van der Waals surface area contributed by atoms with Crippen molar-refractivity contribution in [1.82, 2.24) is 5.16 Å². The number of fused-ring (bicyclic) bond motifs is 2. The molecular formula is C34H37Cl2N3O9S. The first-order valence-electron chi connectivity index (χ1n) is 16.2. The summed E-state index contributed by atoms with van der Waals surface area (Å²) < 4.78 is 44.1. The highest BCUT2D eigenvalue weighted by Crippen LogP contribution is 2.47. The van der Waals surface area contributed by atoms with E-state index in [9.17, 15) is 22.8 Å². The molecule has 2 heterocycles. The highest BCUT2D eigenvalue weighted by Gasteiger charge is 2.46. The van der Waals surface area contributed by atoms with Crippen LogP contribution in [0.4, 0.5) is 11.4 Å². The maximum atomic E-state index is 13.0. The van der Waals surface area contributed by atoms with E-state index in [1.54, 1.807) is 30.3 Å². The van der Waals surface area contributed by atoms with Crippen molar-refractivity contribution in [3.05, 3.63) is 63.8 Å². The molecule has 3 aliphatic rings. The molecule has 0 spiro atoms. The SMILES string of the molecule is CC(CCS(=O)(=O)N(C=O)c1ccc(N2C[C@@H]3C[C@H]2C[C@H]3OCc2c(-c3c(Cl)cccc3Cl)noc2C2CC2)cc1)OC(=O)CCC(=O)O. The van der Waals surface area contributed by atoms with Crippen LogP contribution in [0.2, 0.25) is 10.0 Å². The number of benzene rings is 2. The molecule has 15 heteroatoms. The molecule has 1 aromatic heterocycles. The van der Waals surface area contributed by atoms with Crippen LogP contribution in [0.3, 0.4) is 0 Å². The Morgan fingerprint density at radius 2 is 1.84 bits per heavy atom. The zero-order valence-corrected chi connectivity index (χ0v) is 29.1. The van der Waals surface area contributed by atoms with Crippen molar-refractivity contribution in [2.45, 2.75) is 82.6 Å². The average molecular weight is 735 g/mol. The lowest BCUT2D eigenvalue weighted by atomic mass is 10.0. The Hall–Kier alpha value is -3.65. The normalized spacial score (nSPS) is 20.7. The van der Waals surface area contributed by atoms with E-state index in [0.29, 0.717) is 44.1 Å². The van der Waals surface area contributed by atoms with Gasteiger partial charge in [-0.1, -0.05) is 34.4 Å². The lowest BCUT2D eigenvalue weighted by Crippen LogP contribution is -2.38. The second-order valence-electron chi connectivity index (χ2n) is 12.8. The molecule has 2 aliphatic carbocycles. The Morgan fingerprint density at radius 1 is 1.12 bits per heavy atom. The van der Waals surface area contributed by atoms with Gasteiger partial charge in [-0.25, -0.2) is 12.7 Å². The van der Waals surface area contributed by atoms with Gasteiger partial charge in [-0.05, 0) is 75.4 Å². The number of hydrogen-bond acceptors (Lipinski definition) is 10. The number of hydrogen-bond donors (Lipinski definition) is 1. The van der Waals surface area contributed by atoms with Gasteiger partial charge in [0.1, 0.15) is 17.6 Å². The van der Waals surface area contributed by atoms with Crippen molar-refractivity contribution in [2.75, 3.05) is 21.5 Å². The Bertz CT molecular complexity index is 1790. The number of amides is 1. The van der Waals surface area contributed by atoms with Gasteiger partial charge in [0.25, 0.3) is 0 Å². The number of halogens is 2. The van der Waals surface area contributed by atoms with Crippen molar-refractivity contribution < 1.29 is 41.9 Å². The quantitative estimate of drug-likeness (QED) is 0.132. The second kappa shape index (κ2) is 14.7. The van der Waals surface area contributed by atoms with E-state index in [1.807, 2.05) is 12.1 Å². The maximum Gasteiger partial charge on any atom is 0.306 e. The number of esters is 1. The molecule has 1 amide bonds. The molecule has 12 nitrogen and oxygen atoms in total. The van der Waals surface area contributed by atoms with Gasteiger partial charge in [0.15, 0.2) is 0 Å². The van der Waals surface area contributed by atoms with E-state index in [-0.39, 0.29) is 43.5 Å². The maximum absolute atomic E-state index is 13.0. The van der Waals surface area contributed by atoms with Crippen molar-refractivity contribution in [1.29, 1.82) is 0 Å². The molecule has 1 N–H and O–H groups in total. The molecule has 2 saturated carbocycles. The zero-order valence-electron chi connectivity index (χ0n) is 26.8. The highest BCUT2D eigenvalue weighted by atomic mass is 35.5. The lowest BCUT2D eigenvalue weighted by Gasteiger charge is -2.33.